The second-order valence-corrected chi connectivity index (χ2v) is 10.6. The van der Waals surface area contributed by atoms with Crippen LogP contribution in [0, 0.1) is 5.92 Å². The molecule has 2 aromatic heterocycles. The zero-order chi connectivity index (χ0) is 24.6. The molecule has 0 unspecified atom stereocenters. The van der Waals surface area contributed by atoms with Crippen LogP contribution in [0.25, 0.3) is 11.1 Å². The number of methoxy groups -OCH3 is 1. The molecule has 2 heterocycles. The average molecular weight is 513 g/mol. The molecule has 0 bridgehead atoms. The first-order chi connectivity index (χ1) is 17.1. The lowest BCUT2D eigenvalue weighted by molar-refractivity contribution is -0.113. The number of ether oxygens (including phenoxy) is 1. The van der Waals surface area contributed by atoms with E-state index < -0.39 is 5.97 Å². The number of esters is 1. The number of thiophene rings is 1. The molecule has 1 aliphatic carbocycles. The van der Waals surface area contributed by atoms with Crippen molar-refractivity contribution in [2.45, 2.75) is 63.6 Å². The lowest BCUT2D eigenvalue weighted by Crippen LogP contribution is -2.16. The minimum Gasteiger partial charge on any atom is -0.465 e. The third kappa shape index (κ3) is 6.32. The van der Waals surface area contributed by atoms with Crippen molar-refractivity contribution in [2.75, 3.05) is 18.2 Å². The highest BCUT2D eigenvalue weighted by molar-refractivity contribution is 7.99. The third-order valence-electron chi connectivity index (χ3n) is 6.46. The second-order valence-electron chi connectivity index (χ2n) is 8.73. The van der Waals surface area contributed by atoms with Crippen LogP contribution >= 0.6 is 23.1 Å². The van der Waals surface area contributed by atoms with E-state index in [9.17, 15) is 9.59 Å². The predicted octanol–water partition coefficient (Wildman–Crippen LogP) is 6.06. The van der Waals surface area contributed by atoms with Crippen LogP contribution in [0.1, 0.15) is 61.6 Å². The number of hydrogen-bond donors (Lipinski definition) is 1. The van der Waals surface area contributed by atoms with Crippen molar-refractivity contribution in [2.24, 2.45) is 5.92 Å². The van der Waals surface area contributed by atoms with Gasteiger partial charge >= 0.3 is 5.97 Å². The van der Waals surface area contributed by atoms with Crippen LogP contribution in [0.5, 0.6) is 0 Å². The highest BCUT2D eigenvalue weighted by atomic mass is 32.2. The summed E-state index contributed by atoms with van der Waals surface area (Å²) < 4.78 is 7.11. The van der Waals surface area contributed by atoms with Gasteiger partial charge < -0.3 is 14.6 Å². The quantitative estimate of drug-likeness (QED) is 0.263. The van der Waals surface area contributed by atoms with Crippen LogP contribution < -0.4 is 5.32 Å². The second kappa shape index (κ2) is 12.4. The van der Waals surface area contributed by atoms with Gasteiger partial charge in [0.25, 0.3) is 0 Å². The van der Waals surface area contributed by atoms with Gasteiger partial charge in [0.15, 0.2) is 5.16 Å². The summed E-state index contributed by atoms with van der Waals surface area (Å²) in [5.41, 5.74) is 2.03. The van der Waals surface area contributed by atoms with E-state index in [0.717, 1.165) is 47.4 Å². The molecule has 0 radical (unpaired) electrons. The molecule has 0 spiro atoms. The summed E-state index contributed by atoms with van der Waals surface area (Å²) in [7, 11) is 1.35. The van der Waals surface area contributed by atoms with E-state index in [1.807, 2.05) is 35.7 Å². The normalized spacial score (nSPS) is 14.1. The third-order valence-corrected chi connectivity index (χ3v) is 8.32. The molecule has 0 saturated heterocycles. The largest absolute Gasteiger partial charge is 0.465 e. The van der Waals surface area contributed by atoms with Gasteiger partial charge in [0.1, 0.15) is 16.4 Å². The molecular formula is C26H32N4O3S2. The van der Waals surface area contributed by atoms with Crippen LogP contribution in [-0.4, -0.2) is 39.5 Å². The minimum atomic E-state index is -0.471. The molecule has 4 rings (SSSR count). The van der Waals surface area contributed by atoms with Crippen molar-refractivity contribution in [1.29, 1.82) is 0 Å². The summed E-state index contributed by atoms with van der Waals surface area (Å²) in [6, 6.07) is 9.61. The van der Waals surface area contributed by atoms with Gasteiger partial charge in [-0.25, -0.2) is 4.79 Å². The number of carbonyl (C=O) groups excluding carboxylic acids is 2. The van der Waals surface area contributed by atoms with Gasteiger partial charge in [0.2, 0.25) is 5.91 Å². The first kappa shape index (κ1) is 25.4. The van der Waals surface area contributed by atoms with Gasteiger partial charge in [-0.15, -0.1) is 21.5 Å². The van der Waals surface area contributed by atoms with Crippen molar-refractivity contribution in [1.82, 2.24) is 14.8 Å². The number of nitrogens with zero attached hydrogens (tertiary/aromatic N) is 3. The molecule has 0 atom stereocenters. The molecule has 186 valence electrons. The van der Waals surface area contributed by atoms with Gasteiger partial charge in [-0.2, -0.15) is 0 Å². The maximum atomic E-state index is 12.8. The molecule has 35 heavy (non-hydrogen) atoms. The van der Waals surface area contributed by atoms with Crippen molar-refractivity contribution < 1.29 is 14.3 Å². The highest BCUT2D eigenvalue weighted by Crippen LogP contribution is 2.36. The zero-order valence-corrected chi connectivity index (χ0v) is 21.9. The monoisotopic (exact) mass is 512 g/mol. The summed E-state index contributed by atoms with van der Waals surface area (Å²) in [5.74, 6) is 1.31. The van der Waals surface area contributed by atoms with E-state index in [0.29, 0.717) is 10.6 Å². The van der Waals surface area contributed by atoms with Gasteiger partial charge in [0, 0.05) is 23.9 Å². The van der Waals surface area contributed by atoms with Crippen molar-refractivity contribution in [3.05, 3.63) is 47.1 Å². The Labute approximate surface area is 214 Å². The number of amides is 1. The maximum absolute atomic E-state index is 12.8. The van der Waals surface area contributed by atoms with E-state index in [2.05, 4.69) is 27.0 Å². The Bertz CT molecular complexity index is 1140. The molecule has 0 aliphatic heterocycles. The predicted molar refractivity (Wildman–Crippen MR) is 141 cm³/mol. The van der Waals surface area contributed by atoms with Crippen molar-refractivity contribution in [3.63, 3.8) is 0 Å². The van der Waals surface area contributed by atoms with Crippen LogP contribution in [0.2, 0.25) is 0 Å². The Kier molecular flexibility index (Phi) is 8.98. The molecule has 1 fully saturated rings. The van der Waals surface area contributed by atoms with Crippen LogP contribution in [0.4, 0.5) is 5.00 Å². The number of thioether (sulfide) groups is 1. The molecule has 1 amide bonds. The number of nitrogens with one attached hydrogen (secondary N) is 1. The van der Waals surface area contributed by atoms with E-state index in [4.69, 9.17) is 4.74 Å². The average Bonchev–Trinajstić information content (AvgIpc) is 3.50. The molecule has 3 aromatic rings. The number of anilines is 1. The van der Waals surface area contributed by atoms with Crippen molar-refractivity contribution >= 4 is 40.0 Å². The number of aryl methyl sites for hydroxylation is 1. The lowest BCUT2D eigenvalue weighted by atomic mass is 9.86. The molecule has 7 nitrogen and oxygen atoms in total. The molecule has 1 aliphatic rings. The first-order valence-electron chi connectivity index (χ1n) is 12.2. The van der Waals surface area contributed by atoms with Gasteiger partial charge in [-0.05, 0) is 24.8 Å². The fourth-order valence-corrected chi connectivity index (χ4v) is 6.41. The molecule has 9 heteroatoms. The lowest BCUT2D eigenvalue weighted by Gasteiger charge is -2.21. The number of aromatic nitrogens is 3. The Hall–Kier alpha value is -2.65. The van der Waals surface area contributed by atoms with Gasteiger partial charge in [0.05, 0.1) is 12.9 Å². The molecule has 1 saturated carbocycles. The summed E-state index contributed by atoms with van der Waals surface area (Å²) >= 11 is 2.69. The standard InChI is InChI=1S/C26H32N4O3S2/c1-3-30-21(15-14-18-10-6-4-7-11-18)28-29-26(30)35-17-22(31)27-24-23(25(32)33-2)20(16-34-24)19-12-8-5-9-13-19/h5,8-9,12-13,16,18H,3-4,6-7,10-11,14-15,17H2,1-2H3,(H,27,31). The molecule has 1 aromatic carbocycles. The number of rotatable bonds is 10. The Morgan fingerprint density at radius 1 is 1.17 bits per heavy atom. The summed E-state index contributed by atoms with van der Waals surface area (Å²) in [6.07, 6.45) is 8.78. The zero-order valence-electron chi connectivity index (χ0n) is 20.3. The smallest absolute Gasteiger partial charge is 0.341 e. The Morgan fingerprint density at radius 2 is 1.94 bits per heavy atom. The molecular weight excluding hydrogens is 480 g/mol. The van der Waals surface area contributed by atoms with E-state index in [1.54, 1.807) is 0 Å². The minimum absolute atomic E-state index is 0.180. The van der Waals surface area contributed by atoms with Crippen molar-refractivity contribution in [3.8, 4) is 11.1 Å². The SMILES string of the molecule is CCn1c(CCC2CCCCC2)nnc1SCC(=O)Nc1scc(-c2ccccc2)c1C(=O)OC. The topological polar surface area (TPSA) is 86.1 Å². The Morgan fingerprint density at radius 3 is 2.66 bits per heavy atom. The van der Waals surface area contributed by atoms with E-state index in [-0.39, 0.29) is 11.7 Å². The fourth-order valence-electron chi connectivity index (χ4n) is 4.62. The maximum Gasteiger partial charge on any atom is 0.341 e. The van der Waals surface area contributed by atoms with Crippen LogP contribution in [0.15, 0.2) is 40.9 Å². The fraction of sp³-hybridized carbons (Fsp3) is 0.462. The van der Waals surface area contributed by atoms with Crippen LogP contribution in [0.3, 0.4) is 0 Å². The summed E-state index contributed by atoms with van der Waals surface area (Å²) in [4.78, 5) is 25.3. The van der Waals surface area contributed by atoms with Crippen LogP contribution in [-0.2, 0) is 22.5 Å². The van der Waals surface area contributed by atoms with E-state index >= 15 is 0 Å². The number of hydrogen-bond acceptors (Lipinski definition) is 7. The van der Waals surface area contributed by atoms with Gasteiger partial charge in [-0.1, -0.05) is 74.2 Å². The summed E-state index contributed by atoms with van der Waals surface area (Å²) in [6.45, 7) is 2.85. The summed E-state index contributed by atoms with van der Waals surface area (Å²) in [5, 5.41) is 14.8. The van der Waals surface area contributed by atoms with E-state index in [1.165, 1.54) is 62.3 Å². The Balaban J connectivity index is 1.39. The molecule has 1 N–H and O–H groups in total. The highest BCUT2D eigenvalue weighted by Gasteiger charge is 2.23. The number of benzene rings is 1. The van der Waals surface area contributed by atoms with Gasteiger partial charge in [-0.3, -0.25) is 4.79 Å². The first-order valence-corrected chi connectivity index (χ1v) is 14.1. The number of carbonyl (C=O) groups is 2.